The van der Waals surface area contributed by atoms with E-state index in [0.717, 1.165) is 11.6 Å². The van der Waals surface area contributed by atoms with E-state index in [1.807, 2.05) is 18.2 Å². The van der Waals surface area contributed by atoms with Crippen molar-refractivity contribution in [2.75, 3.05) is 12.3 Å². The lowest BCUT2D eigenvalue weighted by molar-refractivity contribution is 0.0916. The lowest BCUT2D eigenvalue weighted by Gasteiger charge is -2.17. The minimum absolute atomic E-state index is 0.130. The van der Waals surface area contributed by atoms with E-state index in [-0.39, 0.29) is 17.9 Å². The molecule has 0 aliphatic heterocycles. The highest BCUT2D eigenvalue weighted by Crippen LogP contribution is 2.19. The van der Waals surface area contributed by atoms with Crippen molar-refractivity contribution in [2.24, 2.45) is 0 Å². The molecule has 0 spiro atoms. The minimum Gasteiger partial charge on any atom is -0.398 e. The van der Waals surface area contributed by atoms with E-state index in [1.165, 1.54) is 6.07 Å². The van der Waals surface area contributed by atoms with Crippen molar-refractivity contribution in [1.29, 1.82) is 0 Å². The van der Waals surface area contributed by atoms with Crippen LogP contribution in [0.1, 0.15) is 27.5 Å². The fraction of sp³-hybridized carbons (Fsp3) is 0.188. The van der Waals surface area contributed by atoms with E-state index < -0.39 is 17.8 Å². The van der Waals surface area contributed by atoms with Gasteiger partial charge in [0.1, 0.15) is 5.82 Å². The molecule has 0 saturated heterocycles. The number of nitrogens with two attached hydrogens (primary N) is 1. The van der Waals surface area contributed by atoms with Gasteiger partial charge in [0, 0.05) is 16.8 Å². The van der Waals surface area contributed by atoms with E-state index in [0.29, 0.717) is 5.56 Å². The Morgan fingerprint density at radius 2 is 2.00 bits per heavy atom. The first kappa shape index (κ1) is 15.0. The summed E-state index contributed by atoms with van der Waals surface area (Å²) in [6.45, 7) is 1.30. The molecule has 4 nitrogen and oxygen atoms in total. The van der Waals surface area contributed by atoms with Crippen LogP contribution in [-0.2, 0) is 0 Å². The second-order valence-corrected chi connectivity index (χ2v) is 4.79. The maximum Gasteiger partial charge on any atom is 0.252 e. The van der Waals surface area contributed by atoms with Crippen LogP contribution >= 0.6 is 0 Å². The number of halogens is 1. The van der Waals surface area contributed by atoms with Gasteiger partial charge < -0.3 is 16.2 Å². The SMILES string of the molecule is Cc1c(N)cc(C(=O)NC(CO)c2ccccc2)cc1F. The van der Waals surface area contributed by atoms with Gasteiger partial charge >= 0.3 is 0 Å². The monoisotopic (exact) mass is 288 g/mol. The molecule has 21 heavy (non-hydrogen) atoms. The van der Waals surface area contributed by atoms with Gasteiger partial charge in [0.25, 0.3) is 5.91 Å². The quantitative estimate of drug-likeness (QED) is 0.755. The van der Waals surface area contributed by atoms with Crippen molar-refractivity contribution >= 4 is 11.6 Å². The van der Waals surface area contributed by atoms with Crippen LogP contribution in [0.15, 0.2) is 42.5 Å². The van der Waals surface area contributed by atoms with Crippen molar-refractivity contribution in [3.8, 4) is 0 Å². The molecule has 1 atom stereocenters. The summed E-state index contributed by atoms with van der Waals surface area (Å²) in [4.78, 5) is 12.2. The van der Waals surface area contributed by atoms with Crippen LogP contribution in [0.2, 0.25) is 0 Å². The molecule has 0 aliphatic rings. The normalized spacial score (nSPS) is 12.0. The Labute approximate surface area is 122 Å². The molecule has 110 valence electrons. The average Bonchev–Trinajstić information content (AvgIpc) is 2.50. The molecule has 2 aromatic rings. The van der Waals surface area contributed by atoms with Gasteiger partial charge in [0.05, 0.1) is 12.6 Å². The Hall–Kier alpha value is -2.40. The summed E-state index contributed by atoms with van der Waals surface area (Å²) in [7, 11) is 0. The Kier molecular flexibility index (Phi) is 4.55. The zero-order valence-electron chi connectivity index (χ0n) is 11.6. The largest absolute Gasteiger partial charge is 0.398 e. The maximum absolute atomic E-state index is 13.6. The molecule has 1 amide bonds. The molecule has 0 aromatic heterocycles. The van der Waals surface area contributed by atoms with Gasteiger partial charge in [0.15, 0.2) is 0 Å². The van der Waals surface area contributed by atoms with Crippen molar-refractivity contribution in [1.82, 2.24) is 5.32 Å². The van der Waals surface area contributed by atoms with Gasteiger partial charge in [-0.1, -0.05) is 30.3 Å². The van der Waals surface area contributed by atoms with Crippen LogP contribution in [0.5, 0.6) is 0 Å². The number of hydrogen-bond acceptors (Lipinski definition) is 3. The number of carbonyl (C=O) groups excluding carboxylic acids is 1. The van der Waals surface area contributed by atoms with E-state index in [2.05, 4.69) is 5.32 Å². The van der Waals surface area contributed by atoms with Crippen LogP contribution < -0.4 is 11.1 Å². The molecule has 5 heteroatoms. The Morgan fingerprint density at radius 3 is 2.57 bits per heavy atom. The number of amides is 1. The highest BCUT2D eigenvalue weighted by atomic mass is 19.1. The fourth-order valence-electron chi connectivity index (χ4n) is 1.99. The van der Waals surface area contributed by atoms with Crippen LogP contribution in [0.25, 0.3) is 0 Å². The van der Waals surface area contributed by atoms with Gasteiger partial charge in [-0.05, 0) is 24.6 Å². The first-order chi connectivity index (χ1) is 10.0. The second-order valence-electron chi connectivity index (χ2n) is 4.79. The molecule has 2 aromatic carbocycles. The Morgan fingerprint density at radius 1 is 1.33 bits per heavy atom. The number of carbonyl (C=O) groups is 1. The molecule has 0 radical (unpaired) electrons. The number of aliphatic hydroxyl groups excluding tert-OH is 1. The summed E-state index contributed by atoms with van der Waals surface area (Å²) in [5.41, 5.74) is 7.10. The summed E-state index contributed by atoms with van der Waals surface area (Å²) in [5, 5.41) is 12.1. The van der Waals surface area contributed by atoms with E-state index in [9.17, 15) is 14.3 Å². The van der Waals surface area contributed by atoms with Crippen LogP contribution in [0, 0.1) is 12.7 Å². The molecular weight excluding hydrogens is 271 g/mol. The number of nitrogen functional groups attached to an aromatic ring is 1. The van der Waals surface area contributed by atoms with Gasteiger partial charge in [-0.15, -0.1) is 0 Å². The summed E-state index contributed by atoms with van der Waals surface area (Å²) in [5.74, 6) is -1.01. The number of aliphatic hydroxyl groups is 1. The van der Waals surface area contributed by atoms with Crippen LogP contribution in [0.4, 0.5) is 10.1 Å². The zero-order chi connectivity index (χ0) is 15.4. The summed E-state index contributed by atoms with van der Waals surface area (Å²) in [6.07, 6.45) is 0. The molecule has 4 N–H and O–H groups in total. The smallest absolute Gasteiger partial charge is 0.252 e. The first-order valence-electron chi connectivity index (χ1n) is 6.55. The van der Waals surface area contributed by atoms with Gasteiger partial charge in [0.2, 0.25) is 0 Å². The third-order valence-electron chi connectivity index (χ3n) is 3.34. The highest BCUT2D eigenvalue weighted by molar-refractivity contribution is 5.95. The lowest BCUT2D eigenvalue weighted by atomic mass is 10.1. The number of nitrogens with one attached hydrogen (secondary N) is 1. The maximum atomic E-state index is 13.6. The topological polar surface area (TPSA) is 75.4 Å². The number of anilines is 1. The van der Waals surface area contributed by atoms with Gasteiger partial charge in [-0.3, -0.25) is 4.79 Å². The van der Waals surface area contributed by atoms with E-state index in [4.69, 9.17) is 5.73 Å². The standard InChI is InChI=1S/C16H17FN2O2/c1-10-13(17)7-12(8-14(10)18)16(21)19-15(9-20)11-5-3-2-4-6-11/h2-8,15,20H,9,18H2,1H3,(H,19,21). The van der Waals surface area contributed by atoms with Gasteiger partial charge in [-0.2, -0.15) is 0 Å². The molecule has 0 bridgehead atoms. The summed E-state index contributed by atoms with van der Waals surface area (Å²) < 4.78 is 13.6. The fourth-order valence-corrected chi connectivity index (χ4v) is 1.99. The Balaban J connectivity index is 2.21. The third kappa shape index (κ3) is 3.38. The molecule has 0 saturated carbocycles. The summed E-state index contributed by atoms with van der Waals surface area (Å²) in [6, 6.07) is 11.1. The molecular formula is C16H17FN2O2. The van der Waals surface area contributed by atoms with Crippen LogP contribution in [-0.4, -0.2) is 17.6 Å². The number of benzene rings is 2. The number of hydrogen-bond donors (Lipinski definition) is 3. The third-order valence-corrected chi connectivity index (χ3v) is 3.34. The lowest BCUT2D eigenvalue weighted by Crippen LogP contribution is -2.31. The Bertz CT molecular complexity index is 621. The molecule has 1 unspecified atom stereocenters. The predicted octanol–water partition coefficient (Wildman–Crippen LogP) is 2.18. The summed E-state index contributed by atoms with van der Waals surface area (Å²) >= 11 is 0. The molecule has 0 fully saturated rings. The predicted molar refractivity (Wildman–Crippen MR) is 79.3 cm³/mol. The molecule has 2 rings (SSSR count). The van der Waals surface area contributed by atoms with Crippen molar-refractivity contribution in [3.63, 3.8) is 0 Å². The number of rotatable bonds is 4. The van der Waals surface area contributed by atoms with Crippen molar-refractivity contribution in [3.05, 3.63) is 65.0 Å². The van der Waals surface area contributed by atoms with Crippen molar-refractivity contribution in [2.45, 2.75) is 13.0 Å². The van der Waals surface area contributed by atoms with E-state index in [1.54, 1.807) is 19.1 Å². The zero-order valence-corrected chi connectivity index (χ0v) is 11.6. The minimum atomic E-state index is -0.552. The van der Waals surface area contributed by atoms with E-state index >= 15 is 0 Å². The molecule has 0 aliphatic carbocycles. The van der Waals surface area contributed by atoms with Gasteiger partial charge in [-0.25, -0.2) is 4.39 Å². The first-order valence-corrected chi connectivity index (χ1v) is 6.55. The highest BCUT2D eigenvalue weighted by Gasteiger charge is 2.16. The van der Waals surface area contributed by atoms with Crippen molar-refractivity contribution < 1.29 is 14.3 Å². The van der Waals surface area contributed by atoms with Crippen LogP contribution in [0.3, 0.4) is 0 Å². The second kappa shape index (κ2) is 6.37. The average molecular weight is 288 g/mol. The molecule has 0 heterocycles.